The molecule has 0 unspecified atom stereocenters. The molecule has 15 heavy (non-hydrogen) atoms. The Balaban J connectivity index is 3.06. The second kappa shape index (κ2) is 5.74. The Hall–Kier alpha value is -0.241. The molecule has 1 aromatic rings. The third kappa shape index (κ3) is 2.66. The van der Waals surface area contributed by atoms with E-state index in [0.29, 0.717) is 0 Å². The van der Waals surface area contributed by atoms with Gasteiger partial charge >= 0.3 is 98.5 Å². The van der Waals surface area contributed by atoms with Crippen LogP contribution in [-0.2, 0) is 0 Å². The van der Waals surface area contributed by atoms with Crippen LogP contribution >= 0.6 is 0 Å². The summed E-state index contributed by atoms with van der Waals surface area (Å²) in [6.45, 7) is 10.9. The molecule has 0 saturated heterocycles. The van der Waals surface area contributed by atoms with E-state index in [-0.39, 0.29) is 0 Å². The average Bonchev–Trinajstić information content (AvgIpc) is 2.33. The normalized spacial score (nSPS) is 11.4. The molecule has 0 saturated carbocycles. The van der Waals surface area contributed by atoms with Crippen molar-refractivity contribution in [3.05, 3.63) is 36.4 Å². The molecule has 0 radical (unpaired) electrons. The van der Waals surface area contributed by atoms with Crippen LogP contribution in [-0.4, -0.2) is 18.4 Å². The fraction of sp³-hybridized carbons (Fsp3) is 0.429. The van der Waals surface area contributed by atoms with Crippen molar-refractivity contribution in [2.24, 2.45) is 0 Å². The van der Waals surface area contributed by atoms with Crippen LogP contribution in [0.25, 0.3) is 6.08 Å². The van der Waals surface area contributed by atoms with Crippen LogP contribution < -0.4 is 3.58 Å². The Bertz CT molecular complexity index is 298. The summed E-state index contributed by atoms with van der Waals surface area (Å²) in [6.07, 6.45) is 1.92. The molecule has 1 aromatic carbocycles. The first-order chi connectivity index (χ1) is 7.22. The SMILES string of the molecule is C=Cc1cc[c]([Sn]([CH2]C)([CH2]C)[CH2]C)cc1. The van der Waals surface area contributed by atoms with Crippen LogP contribution in [0.4, 0.5) is 0 Å². The summed E-state index contributed by atoms with van der Waals surface area (Å²) in [5.74, 6) is 0. The van der Waals surface area contributed by atoms with E-state index in [1.165, 1.54) is 18.9 Å². The first kappa shape index (κ1) is 12.8. The van der Waals surface area contributed by atoms with Crippen molar-refractivity contribution in [2.45, 2.75) is 34.1 Å². The standard InChI is InChI=1S/C8H7.3C2H5.Sn/c1-2-8-6-4-3-5-7-8;3*1-2;/h2,4-7H,1H2;3*1H2,2H3;. The molecular formula is C14H22Sn. The van der Waals surface area contributed by atoms with Gasteiger partial charge in [-0.25, -0.2) is 0 Å². The van der Waals surface area contributed by atoms with Crippen molar-refractivity contribution in [2.75, 3.05) is 0 Å². The Kier molecular flexibility index (Phi) is 4.91. The molecular weight excluding hydrogens is 287 g/mol. The zero-order chi connectivity index (χ0) is 11.3. The topological polar surface area (TPSA) is 0 Å². The summed E-state index contributed by atoms with van der Waals surface area (Å²) in [4.78, 5) is 0. The molecule has 0 N–H and O–H groups in total. The second-order valence-electron chi connectivity index (χ2n) is 4.17. The van der Waals surface area contributed by atoms with Gasteiger partial charge in [0.25, 0.3) is 0 Å². The van der Waals surface area contributed by atoms with Gasteiger partial charge in [0, 0.05) is 0 Å². The van der Waals surface area contributed by atoms with Gasteiger partial charge in [-0.3, -0.25) is 0 Å². The average molecular weight is 309 g/mol. The predicted octanol–water partition coefficient (Wildman–Crippen LogP) is 4.05. The van der Waals surface area contributed by atoms with E-state index in [9.17, 15) is 0 Å². The fourth-order valence-electron chi connectivity index (χ4n) is 2.34. The summed E-state index contributed by atoms with van der Waals surface area (Å²) in [6, 6.07) is 9.14. The summed E-state index contributed by atoms with van der Waals surface area (Å²) in [5.41, 5.74) is 1.24. The van der Waals surface area contributed by atoms with E-state index >= 15 is 0 Å². The number of benzene rings is 1. The van der Waals surface area contributed by atoms with Gasteiger partial charge in [-0.1, -0.05) is 0 Å². The molecule has 1 rings (SSSR count). The van der Waals surface area contributed by atoms with Gasteiger partial charge in [0.1, 0.15) is 0 Å². The molecule has 0 spiro atoms. The Labute approximate surface area is 98.3 Å². The molecule has 0 amide bonds. The molecule has 1 heteroatoms. The van der Waals surface area contributed by atoms with Crippen molar-refractivity contribution in [1.29, 1.82) is 0 Å². The zero-order valence-corrected chi connectivity index (χ0v) is 13.1. The maximum atomic E-state index is 3.80. The van der Waals surface area contributed by atoms with E-state index in [2.05, 4.69) is 51.6 Å². The van der Waals surface area contributed by atoms with Crippen LogP contribution in [0.1, 0.15) is 26.3 Å². The minimum atomic E-state index is -1.95. The Morgan fingerprint density at radius 3 is 1.80 bits per heavy atom. The third-order valence-corrected chi connectivity index (χ3v) is 19.8. The predicted molar refractivity (Wildman–Crippen MR) is 73.4 cm³/mol. The summed E-state index contributed by atoms with van der Waals surface area (Å²) >= 11 is -1.95. The van der Waals surface area contributed by atoms with E-state index in [0.717, 1.165) is 0 Å². The van der Waals surface area contributed by atoms with Crippen LogP contribution in [0.2, 0.25) is 13.3 Å². The molecule has 0 atom stereocenters. The fourth-order valence-corrected chi connectivity index (χ4v) is 12.6. The molecule has 0 aliphatic rings. The van der Waals surface area contributed by atoms with Crippen molar-refractivity contribution in [3.63, 3.8) is 0 Å². The van der Waals surface area contributed by atoms with Crippen LogP contribution in [0, 0.1) is 0 Å². The summed E-state index contributed by atoms with van der Waals surface area (Å²) in [7, 11) is 0. The molecule has 0 aliphatic heterocycles. The van der Waals surface area contributed by atoms with Gasteiger partial charge in [0.15, 0.2) is 0 Å². The van der Waals surface area contributed by atoms with E-state index < -0.39 is 18.4 Å². The van der Waals surface area contributed by atoms with Gasteiger partial charge in [0.2, 0.25) is 0 Å². The summed E-state index contributed by atoms with van der Waals surface area (Å²) < 4.78 is 5.96. The van der Waals surface area contributed by atoms with Crippen molar-refractivity contribution >= 4 is 28.0 Å². The first-order valence-corrected chi connectivity index (χ1v) is 13.4. The molecule has 82 valence electrons. The molecule has 0 fully saturated rings. The second-order valence-corrected chi connectivity index (χ2v) is 19.2. The van der Waals surface area contributed by atoms with Gasteiger partial charge in [-0.2, -0.15) is 0 Å². The molecule has 0 aromatic heterocycles. The van der Waals surface area contributed by atoms with Gasteiger partial charge in [-0.15, -0.1) is 0 Å². The number of rotatable bonds is 5. The molecule has 0 aliphatic carbocycles. The van der Waals surface area contributed by atoms with Crippen LogP contribution in [0.3, 0.4) is 0 Å². The van der Waals surface area contributed by atoms with Crippen LogP contribution in [0.15, 0.2) is 30.8 Å². The van der Waals surface area contributed by atoms with Gasteiger partial charge in [0.05, 0.1) is 0 Å². The van der Waals surface area contributed by atoms with Crippen molar-refractivity contribution < 1.29 is 0 Å². The van der Waals surface area contributed by atoms with Crippen molar-refractivity contribution in [1.82, 2.24) is 0 Å². The molecule has 0 bridgehead atoms. The first-order valence-electron chi connectivity index (χ1n) is 5.95. The number of hydrogen-bond acceptors (Lipinski definition) is 0. The van der Waals surface area contributed by atoms with E-state index in [1.807, 2.05) is 6.08 Å². The Morgan fingerprint density at radius 2 is 1.47 bits per heavy atom. The van der Waals surface area contributed by atoms with E-state index in [4.69, 9.17) is 0 Å². The zero-order valence-electron chi connectivity index (χ0n) is 10.2. The number of hydrogen-bond donors (Lipinski definition) is 0. The van der Waals surface area contributed by atoms with Crippen LogP contribution in [0.5, 0.6) is 0 Å². The Morgan fingerprint density at radius 1 is 1.00 bits per heavy atom. The van der Waals surface area contributed by atoms with Gasteiger partial charge < -0.3 is 0 Å². The molecule has 0 nitrogen and oxygen atoms in total. The maximum absolute atomic E-state index is 3.80. The van der Waals surface area contributed by atoms with E-state index in [1.54, 1.807) is 3.58 Å². The quantitative estimate of drug-likeness (QED) is 0.720. The summed E-state index contributed by atoms with van der Waals surface area (Å²) in [5, 5.41) is 0. The monoisotopic (exact) mass is 310 g/mol. The van der Waals surface area contributed by atoms with Gasteiger partial charge in [-0.05, 0) is 0 Å². The minimum absolute atomic E-state index is 1.24. The third-order valence-electron chi connectivity index (χ3n) is 3.79. The molecule has 0 heterocycles. The van der Waals surface area contributed by atoms with Crippen molar-refractivity contribution in [3.8, 4) is 0 Å².